The second kappa shape index (κ2) is 11.7. The monoisotopic (exact) mass is 429 g/mol. The lowest BCUT2D eigenvalue weighted by molar-refractivity contribution is 0.218. The number of benzene rings is 1. The molecule has 1 aromatic carbocycles. The summed E-state index contributed by atoms with van der Waals surface area (Å²) in [6, 6.07) is 8.47. The third kappa shape index (κ3) is 7.28. The van der Waals surface area contributed by atoms with Crippen LogP contribution in [0, 0.1) is 0 Å². The maximum Gasteiger partial charge on any atom is 0.216 e. The van der Waals surface area contributed by atoms with Gasteiger partial charge < -0.3 is 19.8 Å². The average molecular weight is 430 g/mol. The van der Waals surface area contributed by atoms with Crippen molar-refractivity contribution in [3.63, 3.8) is 0 Å². The van der Waals surface area contributed by atoms with Gasteiger partial charge in [0.15, 0.2) is 5.96 Å². The summed E-state index contributed by atoms with van der Waals surface area (Å²) in [5.41, 5.74) is 1.15. The number of aliphatic imine (C=N–C) groups is 1. The quantitative estimate of drug-likeness (QED) is 0.437. The van der Waals surface area contributed by atoms with E-state index < -0.39 is 0 Å². The summed E-state index contributed by atoms with van der Waals surface area (Å²) >= 11 is 0. The molecule has 0 aliphatic carbocycles. The number of likely N-dealkylation sites (N-methyl/N-ethyl adjacent to an activating group) is 1. The van der Waals surface area contributed by atoms with Gasteiger partial charge >= 0.3 is 0 Å². The predicted molar refractivity (Wildman–Crippen MR) is 127 cm³/mol. The van der Waals surface area contributed by atoms with Gasteiger partial charge in [0.25, 0.3) is 0 Å². The van der Waals surface area contributed by atoms with Crippen LogP contribution in [0.1, 0.15) is 64.8 Å². The van der Waals surface area contributed by atoms with Crippen molar-refractivity contribution >= 4 is 5.96 Å². The van der Waals surface area contributed by atoms with E-state index in [2.05, 4.69) is 79.2 Å². The second-order valence-corrected chi connectivity index (χ2v) is 8.46. The molecule has 31 heavy (non-hydrogen) atoms. The number of guanidine groups is 1. The molecule has 0 bridgehead atoms. The van der Waals surface area contributed by atoms with Gasteiger partial charge in [0.2, 0.25) is 5.89 Å². The average Bonchev–Trinajstić information content (AvgIpc) is 3.24. The van der Waals surface area contributed by atoms with Crippen LogP contribution in [-0.2, 0) is 12.0 Å². The summed E-state index contributed by atoms with van der Waals surface area (Å²) in [6.45, 7) is 16.6. The van der Waals surface area contributed by atoms with E-state index in [1.54, 1.807) is 13.3 Å². The van der Waals surface area contributed by atoms with Crippen molar-refractivity contribution in [2.45, 2.75) is 59.5 Å². The standard InChI is InChI=1S/C24H39N5O2/c1-8-25-23(28-17-22-26-16-21(31-22)24(4,5)6)27-15-20(29(9-2)10-3)18-12-11-13-19(14-18)30-7/h11-14,16,20H,8-10,15,17H2,1-7H3,(H2,25,27,28). The van der Waals surface area contributed by atoms with Gasteiger partial charge in [-0.25, -0.2) is 9.98 Å². The summed E-state index contributed by atoms with van der Waals surface area (Å²) in [5, 5.41) is 6.82. The van der Waals surface area contributed by atoms with Crippen molar-refractivity contribution in [2.24, 2.45) is 4.99 Å². The number of nitrogens with one attached hydrogen (secondary N) is 2. The number of hydrogen-bond acceptors (Lipinski definition) is 5. The molecule has 0 fully saturated rings. The van der Waals surface area contributed by atoms with E-state index in [4.69, 9.17) is 9.15 Å². The third-order valence-electron chi connectivity index (χ3n) is 5.20. The van der Waals surface area contributed by atoms with Crippen LogP contribution in [0.3, 0.4) is 0 Å². The molecule has 2 rings (SSSR count). The largest absolute Gasteiger partial charge is 0.497 e. The number of rotatable bonds is 10. The van der Waals surface area contributed by atoms with Crippen molar-refractivity contribution in [2.75, 3.05) is 33.3 Å². The number of nitrogens with zero attached hydrogens (tertiary/aromatic N) is 3. The highest BCUT2D eigenvalue weighted by molar-refractivity contribution is 5.79. The molecule has 172 valence electrons. The smallest absolute Gasteiger partial charge is 0.216 e. The van der Waals surface area contributed by atoms with Crippen molar-refractivity contribution in [3.8, 4) is 5.75 Å². The predicted octanol–water partition coefficient (Wildman–Crippen LogP) is 4.12. The van der Waals surface area contributed by atoms with Crippen LogP contribution in [-0.4, -0.2) is 49.1 Å². The molecule has 0 saturated carbocycles. The Bertz CT molecular complexity index is 821. The van der Waals surface area contributed by atoms with E-state index in [-0.39, 0.29) is 11.5 Å². The van der Waals surface area contributed by atoms with Crippen LogP contribution in [0.25, 0.3) is 0 Å². The van der Waals surface area contributed by atoms with Crippen LogP contribution in [0.4, 0.5) is 0 Å². The first-order valence-corrected chi connectivity index (χ1v) is 11.2. The number of aromatic nitrogens is 1. The Morgan fingerprint density at radius 2 is 1.94 bits per heavy atom. The first-order valence-electron chi connectivity index (χ1n) is 11.2. The highest BCUT2D eigenvalue weighted by atomic mass is 16.5. The molecule has 0 saturated heterocycles. The van der Waals surface area contributed by atoms with Gasteiger partial charge in [-0.05, 0) is 37.7 Å². The lowest BCUT2D eigenvalue weighted by Crippen LogP contribution is -2.43. The first kappa shape index (κ1) is 24.7. The lowest BCUT2D eigenvalue weighted by atomic mass is 9.94. The molecule has 1 atom stereocenters. The van der Waals surface area contributed by atoms with E-state index in [0.29, 0.717) is 12.4 Å². The summed E-state index contributed by atoms with van der Waals surface area (Å²) < 4.78 is 11.3. The molecule has 0 spiro atoms. The van der Waals surface area contributed by atoms with Gasteiger partial charge in [-0.15, -0.1) is 0 Å². The number of oxazole rings is 1. The highest BCUT2D eigenvalue weighted by Gasteiger charge is 2.20. The van der Waals surface area contributed by atoms with Crippen LogP contribution >= 0.6 is 0 Å². The lowest BCUT2D eigenvalue weighted by Gasteiger charge is -2.31. The minimum Gasteiger partial charge on any atom is -0.497 e. The van der Waals surface area contributed by atoms with Gasteiger partial charge in [0.1, 0.15) is 18.1 Å². The van der Waals surface area contributed by atoms with E-state index in [0.717, 1.165) is 43.6 Å². The van der Waals surface area contributed by atoms with Gasteiger partial charge in [0.05, 0.1) is 19.3 Å². The zero-order valence-corrected chi connectivity index (χ0v) is 20.2. The minimum atomic E-state index is -0.0640. The molecule has 0 radical (unpaired) electrons. The SMILES string of the molecule is CCNC(=NCc1ncc(C(C)(C)C)o1)NCC(c1cccc(OC)c1)N(CC)CC. The maximum atomic E-state index is 5.87. The summed E-state index contributed by atoms with van der Waals surface area (Å²) in [5.74, 6) is 3.11. The van der Waals surface area contributed by atoms with Crippen LogP contribution < -0.4 is 15.4 Å². The Hall–Kier alpha value is -2.54. The normalized spacial score (nSPS) is 13.4. The topological polar surface area (TPSA) is 74.9 Å². The molecule has 0 amide bonds. The highest BCUT2D eigenvalue weighted by Crippen LogP contribution is 2.24. The van der Waals surface area contributed by atoms with Crippen molar-refractivity contribution < 1.29 is 9.15 Å². The van der Waals surface area contributed by atoms with Crippen molar-refractivity contribution in [1.29, 1.82) is 0 Å². The van der Waals surface area contributed by atoms with Crippen LogP contribution in [0.5, 0.6) is 5.75 Å². The fourth-order valence-electron chi connectivity index (χ4n) is 3.38. The zero-order chi connectivity index (χ0) is 22.9. The fourth-order valence-corrected chi connectivity index (χ4v) is 3.38. The molecule has 2 aromatic rings. The Kier molecular flexibility index (Phi) is 9.37. The maximum absolute atomic E-state index is 5.87. The number of hydrogen-bond donors (Lipinski definition) is 2. The van der Waals surface area contributed by atoms with Gasteiger partial charge in [0, 0.05) is 18.5 Å². The molecule has 1 heterocycles. The minimum absolute atomic E-state index is 0.0640. The van der Waals surface area contributed by atoms with Crippen molar-refractivity contribution in [1.82, 2.24) is 20.5 Å². The molecule has 1 aromatic heterocycles. The van der Waals surface area contributed by atoms with Crippen LogP contribution in [0.15, 0.2) is 39.9 Å². The van der Waals surface area contributed by atoms with Crippen molar-refractivity contribution in [3.05, 3.63) is 47.7 Å². The molecule has 7 nitrogen and oxygen atoms in total. The van der Waals surface area contributed by atoms with Gasteiger partial charge in [-0.2, -0.15) is 0 Å². The van der Waals surface area contributed by atoms with Gasteiger partial charge in [-0.3, -0.25) is 4.90 Å². The van der Waals surface area contributed by atoms with Gasteiger partial charge in [-0.1, -0.05) is 46.8 Å². The summed E-state index contributed by atoms with van der Waals surface area (Å²) in [6.07, 6.45) is 1.80. The zero-order valence-electron chi connectivity index (χ0n) is 20.2. The molecule has 0 aliphatic rings. The molecular formula is C24H39N5O2. The Balaban J connectivity index is 2.14. The molecule has 7 heteroatoms. The first-order chi connectivity index (χ1) is 14.8. The fraction of sp³-hybridized carbons (Fsp3) is 0.583. The van der Waals surface area contributed by atoms with E-state index in [1.807, 2.05) is 12.1 Å². The molecule has 0 aliphatic heterocycles. The van der Waals surface area contributed by atoms with E-state index >= 15 is 0 Å². The number of methoxy groups -OCH3 is 1. The molecule has 1 unspecified atom stereocenters. The Morgan fingerprint density at radius 3 is 2.52 bits per heavy atom. The number of ether oxygens (including phenoxy) is 1. The van der Waals surface area contributed by atoms with E-state index in [1.165, 1.54) is 5.56 Å². The Labute approximate surface area is 187 Å². The summed E-state index contributed by atoms with van der Waals surface area (Å²) in [4.78, 5) is 11.5. The molecule has 2 N–H and O–H groups in total. The molecular weight excluding hydrogens is 390 g/mol. The summed E-state index contributed by atoms with van der Waals surface area (Å²) in [7, 11) is 1.70. The van der Waals surface area contributed by atoms with E-state index in [9.17, 15) is 0 Å². The van der Waals surface area contributed by atoms with Crippen LogP contribution in [0.2, 0.25) is 0 Å². The second-order valence-electron chi connectivity index (χ2n) is 8.46. The Morgan fingerprint density at radius 1 is 1.19 bits per heavy atom. The third-order valence-corrected chi connectivity index (χ3v) is 5.20.